The van der Waals surface area contributed by atoms with Gasteiger partial charge in [-0.3, -0.25) is 0 Å². The molecule has 1 rings (SSSR count). The van der Waals surface area contributed by atoms with Gasteiger partial charge in [0.15, 0.2) is 0 Å². The van der Waals surface area contributed by atoms with Gasteiger partial charge >= 0.3 is 7.12 Å². The first kappa shape index (κ1) is 17.0. The van der Waals surface area contributed by atoms with Crippen LogP contribution in [0.25, 0.3) is 0 Å². The largest absolute Gasteiger partial charge is 0.491 e. The van der Waals surface area contributed by atoms with Gasteiger partial charge in [-0.05, 0) is 59.1 Å². The Morgan fingerprint density at radius 1 is 1.10 bits per heavy atom. The molecule has 0 saturated heterocycles. The SMILES string of the molecule is CC(C)Nc1ccc(B(O)OC(C)(C)C(C)(C)O)cc1. The van der Waals surface area contributed by atoms with Gasteiger partial charge in [-0.15, -0.1) is 0 Å². The first-order valence-corrected chi connectivity index (χ1v) is 6.98. The summed E-state index contributed by atoms with van der Waals surface area (Å²) in [5.74, 6) is 0. The maximum atomic E-state index is 10.1. The predicted molar refractivity (Wildman–Crippen MR) is 84.3 cm³/mol. The molecule has 4 nitrogen and oxygen atoms in total. The van der Waals surface area contributed by atoms with Gasteiger partial charge in [-0.2, -0.15) is 0 Å². The molecule has 0 atom stereocenters. The van der Waals surface area contributed by atoms with E-state index < -0.39 is 18.3 Å². The fourth-order valence-electron chi connectivity index (χ4n) is 1.57. The highest BCUT2D eigenvalue weighted by Crippen LogP contribution is 2.25. The molecule has 0 fully saturated rings. The Morgan fingerprint density at radius 2 is 1.60 bits per heavy atom. The van der Waals surface area contributed by atoms with Crippen molar-refractivity contribution >= 4 is 18.3 Å². The smallest absolute Gasteiger partial charge is 0.423 e. The third kappa shape index (κ3) is 4.51. The van der Waals surface area contributed by atoms with Crippen molar-refractivity contribution < 1.29 is 14.8 Å². The number of anilines is 1. The molecule has 0 radical (unpaired) electrons. The van der Waals surface area contributed by atoms with Crippen molar-refractivity contribution in [3.8, 4) is 0 Å². The molecule has 112 valence electrons. The van der Waals surface area contributed by atoms with Crippen LogP contribution in [0, 0.1) is 0 Å². The van der Waals surface area contributed by atoms with Crippen LogP contribution in [0.15, 0.2) is 24.3 Å². The molecule has 0 unspecified atom stereocenters. The summed E-state index contributed by atoms with van der Waals surface area (Å²) >= 11 is 0. The van der Waals surface area contributed by atoms with E-state index in [9.17, 15) is 10.1 Å². The highest BCUT2D eigenvalue weighted by molar-refractivity contribution is 6.60. The molecular weight excluding hydrogens is 253 g/mol. The molecule has 1 aromatic rings. The Morgan fingerprint density at radius 3 is 2.00 bits per heavy atom. The molecule has 0 heterocycles. The molecule has 0 spiro atoms. The third-order valence-electron chi connectivity index (χ3n) is 3.53. The van der Waals surface area contributed by atoms with Crippen LogP contribution in [0.4, 0.5) is 5.69 Å². The van der Waals surface area contributed by atoms with Crippen LogP contribution in [-0.4, -0.2) is 34.5 Å². The summed E-state index contributed by atoms with van der Waals surface area (Å²) in [6.45, 7) is 11.0. The van der Waals surface area contributed by atoms with Crippen molar-refractivity contribution in [2.45, 2.75) is 58.8 Å². The minimum absolute atomic E-state index is 0.358. The van der Waals surface area contributed by atoms with Crippen molar-refractivity contribution in [3.63, 3.8) is 0 Å². The molecule has 1 aromatic carbocycles. The highest BCUT2D eigenvalue weighted by Gasteiger charge is 2.39. The quantitative estimate of drug-likeness (QED) is 0.694. The summed E-state index contributed by atoms with van der Waals surface area (Å²) in [5.41, 5.74) is -0.247. The van der Waals surface area contributed by atoms with Gasteiger partial charge in [0.25, 0.3) is 0 Å². The molecule has 0 aliphatic rings. The van der Waals surface area contributed by atoms with E-state index in [1.807, 2.05) is 24.3 Å². The van der Waals surface area contributed by atoms with Crippen LogP contribution in [0.5, 0.6) is 0 Å². The Balaban J connectivity index is 2.76. The van der Waals surface area contributed by atoms with Crippen LogP contribution in [0.2, 0.25) is 0 Å². The second-order valence-electron chi connectivity index (χ2n) is 6.46. The minimum atomic E-state index is -1.07. The average molecular weight is 279 g/mol. The summed E-state index contributed by atoms with van der Waals surface area (Å²) in [5, 5.41) is 23.5. The highest BCUT2D eigenvalue weighted by atomic mass is 16.5. The van der Waals surface area contributed by atoms with E-state index in [1.165, 1.54) is 0 Å². The van der Waals surface area contributed by atoms with Crippen molar-refractivity contribution in [1.82, 2.24) is 0 Å². The average Bonchev–Trinajstić information content (AvgIpc) is 2.26. The van der Waals surface area contributed by atoms with Crippen LogP contribution in [-0.2, 0) is 4.65 Å². The van der Waals surface area contributed by atoms with Gasteiger partial charge in [0.1, 0.15) is 0 Å². The fraction of sp³-hybridized carbons (Fsp3) is 0.600. The van der Waals surface area contributed by atoms with Gasteiger partial charge in [-0.1, -0.05) is 12.1 Å². The monoisotopic (exact) mass is 279 g/mol. The zero-order chi connectivity index (χ0) is 15.6. The van der Waals surface area contributed by atoms with E-state index >= 15 is 0 Å². The number of rotatable bonds is 6. The number of hydrogen-bond acceptors (Lipinski definition) is 4. The topological polar surface area (TPSA) is 61.7 Å². The number of aliphatic hydroxyl groups is 1. The van der Waals surface area contributed by atoms with Crippen LogP contribution in [0.3, 0.4) is 0 Å². The molecule has 0 amide bonds. The van der Waals surface area contributed by atoms with E-state index in [-0.39, 0.29) is 0 Å². The Labute approximate surface area is 122 Å². The second kappa shape index (κ2) is 6.16. The Hall–Kier alpha value is -1.04. The lowest BCUT2D eigenvalue weighted by Crippen LogP contribution is -2.53. The lowest BCUT2D eigenvalue weighted by molar-refractivity contribution is -0.0982. The fourth-order valence-corrected chi connectivity index (χ4v) is 1.57. The molecule has 0 aromatic heterocycles. The van der Waals surface area contributed by atoms with E-state index in [2.05, 4.69) is 19.2 Å². The van der Waals surface area contributed by atoms with E-state index in [4.69, 9.17) is 4.65 Å². The van der Waals surface area contributed by atoms with Gasteiger partial charge in [0.2, 0.25) is 0 Å². The van der Waals surface area contributed by atoms with Gasteiger partial charge in [0, 0.05) is 11.7 Å². The van der Waals surface area contributed by atoms with Crippen LogP contribution >= 0.6 is 0 Å². The molecule has 20 heavy (non-hydrogen) atoms. The summed E-state index contributed by atoms with van der Waals surface area (Å²) in [7, 11) is -1.07. The van der Waals surface area contributed by atoms with E-state index in [0.29, 0.717) is 11.5 Å². The number of hydrogen-bond donors (Lipinski definition) is 3. The molecule has 0 bridgehead atoms. The molecule has 0 aliphatic carbocycles. The summed E-state index contributed by atoms with van der Waals surface area (Å²) < 4.78 is 5.59. The summed E-state index contributed by atoms with van der Waals surface area (Å²) in [4.78, 5) is 0. The summed E-state index contributed by atoms with van der Waals surface area (Å²) in [6, 6.07) is 7.79. The lowest BCUT2D eigenvalue weighted by atomic mass is 9.76. The van der Waals surface area contributed by atoms with Crippen molar-refractivity contribution in [3.05, 3.63) is 24.3 Å². The lowest BCUT2D eigenvalue weighted by Gasteiger charge is -2.38. The summed E-state index contributed by atoms with van der Waals surface area (Å²) in [6.07, 6.45) is 0. The van der Waals surface area contributed by atoms with Crippen LogP contribution in [0.1, 0.15) is 41.5 Å². The van der Waals surface area contributed by atoms with Crippen molar-refractivity contribution in [2.24, 2.45) is 0 Å². The number of benzene rings is 1. The molecular formula is C15H26BNO3. The maximum absolute atomic E-state index is 10.1. The van der Waals surface area contributed by atoms with Gasteiger partial charge in [0.05, 0.1) is 11.2 Å². The predicted octanol–water partition coefficient (Wildman–Crippen LogP) is 1.76. The zero-order valence-electron chi connectivity index (χ0n) is 13.3. The number of nitrogens with one attached hydrogen (secondary N) is 1. The maximum Gasteiger partial charge on any atom is 0.491 e. The minimum Gasteiger partial charge on any atom is -0.423 e. The van der Waals surface area contributed by atoms with Crippen LogP contribution < -0.4 is 10.8 Å². The standard InChI is InChI=1S/C15H26BNO3/c1-11(2)17-13-9-7-12(8-10-13)16(19)20-15(5,6)14(3,4)18/h7-11,17-19H,1-6H3. The van der Waals surface area contributed by atoms with E-state index in [0.717, 1.165) is 5.69 Å². The molecule has 0 saturated carbocycles. The van der Waals surface area contributed by atoms with Gasteiger partial charge < -0.3 is 20.1 Å². The Bertz CT molecular complexity index is 424. The third-order valence-corrected chi connectivity index (χ3v) is 3.53. The first-order chi connectivity index (χ1) is 9.03. The van der Waals surface area contributed by atoms with E-state index in [1.54, 1.807) is 27.7 Å². The zero-order valence-corrected chi connectivity index (χ0v) is 13.3. The Kier molecular flexibility index (Phi) is 5.24. The molecule has 3 N–H and O–H groups in total. The molecule has 0 aliphatic heterocycles. The normalized spacial score (nSPS) is 12.7. The second-order valence-corrected chi connectivity index (χ2v) is 6.46. The van der Waals surface area contributed by atoms with Crippen molar-refractivity contribution in [2.75, 3.05) is 5.32 Å². The van der Waals surface area contributed by atoms with Crippen molar-refractivity contribution in [1.29, 1.82) is 0 Å². The first-order valence-electron chi connectivity index (χ1n) is 6.98. The molecule has 5 heteroatoms. The van der Waals surface area contributed by atoms with Gasteiger partial charge in [-0.25, -0.2) is 0 Å².